The first-order chi connectivity index (χ1) is 7.07. The zero-order valence-corrected chi connectivity index (χ0v) is 10.3. The van der Waals surface area contributed by atoms with Crippen molar-refractivity contribution in [3.05, 3.63) is 34.6 Å². The lowest BCUT2D eigenvalue weighted by Crippen LogP contribution is -2.12. The second kappa shape index (κ2) is 5.47. The molecule has 0 N–H and O–H groups in total. The van der Waals surface area contributed by atoms with E-state index in [1.165, 1.54) is 18.2 Å². The molecule has 1 aromatic rings. The van der Waals surface area contributed by atoms with Gasteiger partial charge in [-0.1, -0.05) is 33.6 Å². The highest BCUT2D eigenvalue weighted by Gasteiger charge is 2.24. The summed E-state index contributed by atoms with van der Waals surface area (Å²) in [6.45, 7) is 1.92. The molecule has 0 saturated heterocycles. The molecule has 0 amide bonds. The highest BCUT2D eigenvalue weighted by molar-refractivity contribution is 9.09. The zero-order chi connectivity index (χ0) is 11.4. The van der Waals surface area contributed by atoms with Crippen LogP contribution in [0.25, 0.3) is 0 Å². The Labute approximate surface area is 101 Å². The maximum absolute atomic E-state index is 13.4. The summed E-state index contributed by atoms with van der Waals surface area (Å²) in [7, 11) is 0. The number of carbonyl (C=O) groups excluding carboxylic acids is 1. The zero-order valence-electron chi connectivity index (χ0n) is 7.97. The SMILES string of the molecule is CCOC(=O)C(Br)c1c(F)cccc1Cl. The molecule has 2 nitrogen and oxygen atoms in total. The first-order valence-electron chi connectivity index (χ1n) is 4.32. The third-order valence-electron chi connectivity index (χ3n) is 1.75. The molecule has 0 aromatic heterocycles. The number of hydrogen-bond donors (Lipinski definition) is 0. The molecule has 1 unspecified atom stereocenters. The van der Waals surface area contributed by atoms with Gasteiger partial charge in [0.2, 0.25) is 0 Å². The van der Waals surface area contributed by atoms with Gasteiger partial charge in [-0.15, -0.1) is 0 Å². The molecule has 82 valence electrons. The summed E-state index contributed by atoms with van der Waals surface area (Å²) in [6, 6.07) is 4.24. The van der Waals surface area contributed by atoms with Crippen LogP contribution in [0.2, 0.25) is 5.02 Å². The fourth-order valence-corrected chi connectivity index (χ4v) is 2.09. The van der Waals surface area contributed by atoms with E-state index in [-0.39, 0.29) is 17.2 Å². The Bertz CT molecular complexity index is 350. The fourth-order valence-electron chi connectivity index (χ4n) is 1.09. The van der Waals surface area contributed by atoms with Crippen molar-refractivity contribution in [2.45, 2.75) is 11.8 Å². The Morgan fingerprint density at radius 2 is 2.33 bits per heavy atom. The van der Waals surface area contributed by atoms with E-state index in [0.29, 0.717) is 0 Å². The van der Waals surface area contributed by atoms with Crippen molar-refractivity contribution in [3.8, 4) is 0 Å². The second-order valence-corrected chi connectivity index (χ2v) is 4.07. The molecular formula is C10H9BrClFO2. The summed E-state index contributed by atoms with van der Waals surface area (Å²) >= 11 is 8.85. The van der Waals surface area contributed by atoms with Crippen LogP contribution in [0.3, 0.4) is 0 Å². The molecule has 0 saturated carbocycles. The molecule has 1 aromatic carbocycles. The molecule has 0 radical (unpaired) electrons. The van der Waals surface area contributed by atoms with Gasteiger partial charge in [0.15, 0.2) is 0 Å². The van der Waals surface area contributed by atoms with Crippen molar-refractivity contribution in [1.29, 1.82) is 0 Å². The van der Waals surface area contributed by atoms with E-state index in [0.717, 1.165) is 0 Å². The van der Waals surface area contributed by atoms with Crippen LogP contribution in [0.1, 0.15) is 17.3 Å². The summed E-state index contributed by atoms with van der Waals surface area (Å²) in [4.78, 5) is 10.5. The topological polar surface area (TPSA) is 26.3 Å². The maximum atomic E-state index is 13.4. The quantitative estimate of drug-likeness (QED) is 0.630. The third-order valence-corrected chi connectivity index (χ3v) is 2.91. The van der Waals surface area contributed by atoms with Crippen molar-refractivity contribution in [2.24, 2.45) is 0 Å². The van der Waals surface area contributed by atoms with E-state index in [1.807, 2.05) is 0 Å². The molecular weight excluding hydrogens is 286 g/mol. The van der Waals surface area contributed by atoms with Gasteiger partial charge >= 0.3 is 5.97 Å². The molecule has 0 bridgehead atoms. The second-order valence-electron chi connectivity index (χ2n) is 2.75. The minimum atomic E-state index is -0.869. The summed E-state index contributed by atoms with van der Waals surface area (Å²) in [5.41, 5.74) is 0.109. The van der Waals surface area contributed by atoms with E-state index in [1.54, 1.807) is 6.92 Å². The largest absolute Gasteiger partial charge is 0.465 e. The van der Waals surface area contributed by atoms with Crippen molar-refractivity contribution in [2.75, 3.05) is 6.61 Å². The number of halogens is 3. The predicted molar refractivity (Wildman–Crippen MR) is 59.7 cm³/mol. The average molecular weight is 296 g/mol. The Morgan fingerprint density at radius 1 is 1.67 bits per heavy atom. The molecule has 0 heterocycles. The predicted octanol–water partition coefficient (Wildman–Crippen LogP) is 3.48. The molecule has 0 aliphatic heterocycles. The molecule has 1 atom stereocenters. The van der Waals surface area contributed by atoms with Crippen molar-refractivity contribution >= 4 is 33.5 Å². The molecule has 1 rings (SSSR count). The van der Waals surface area contributed by atoms with E-state index < -0.39 is 16.6 Å². The Balaban J connectivity index is 3.00. The first kappa shape index (κ1) is 12.5. The average Bonchev–Trinajstić information content (AvgIpc) is 2.17. The van der Waals surface area contributed by atoms with Gasteiger partial charge in [0.05, 0.1) is 6.61 Å². The van der Waals surface area contributed by atoms with E-state index in [2.05, 4.69) is 15.9 Å². The summed E-state index contributed by atoms with van der Waals surface area (Å²) in [6.07, 6.45) is 0. The first-order valence-corrected chi connectivity index (χ1v) is 5.62. The van der Waals surface area contributed by atoms with Crippen LogP contribution in [0.15, 0.2) is 18.2 Å². The lowest BCUT2D eigenvalue weighted by atomic mass is 10.1. The Kier molecular flexibility index (Phi) is 4.54. The fraction of sp³-hybridized carbons (Fsp3) is 0.300. The number of hydrogen-bond acceptors (Lipinski definition) is 2. The number of ether oxygens (including phenoxy) is 1. The van der Waals surface area contributed by atoms with Gasteiger partial charge in [0.25, 0.3) is 0 Å². The molecule has 0 fully saturated rings. The number of rotatable bonds is 3. The van der Waals surface area contributed by atoms with Crippen molar-refractivity contribution in [1.82, 2.24) is 0 Å². The third kappa shape index (κ3) is 2.92. The highest BCUT2D eigenvalue weighted by Crippen LogP contribution is 2.32. The number of esters is 1. The Hall–Kier alpha value is -0.610. The van der Waals surface area contributed by atoms with Crippen LogP contribution < -0.4 is 0 Å². The molecule has 0 aliphatic rings. The van der Waals surface area contributed by atoms with Crippen LogP contribution >= 0.6 is 27.5 Å². The van der Waals surface area contributed by atoms with Gasteiger partial charge in [-0.05, 0) is 19.1 Å². The monoisotopic (exact) mass is 294 g/mol. The number of alkyl halides is 1. The van der Waals surface area contributed by atoms with Crippen molar-refractivity contribution < 1.29 is 13.9 Å². The van der Waals surface area contributed by atoms with Gasteiger partial charge in [0.1, 0.15) is 10.6 Å². The van der Waals surface area contributed by atoms with Gasteiger partial charge < -0.3 is 4.74 Å². The van der Waals surface area contributed by atoms with Crippen LogP contribution in [-0.2, 0) is 9.53 Å². The summed E-state index contributed by atoms with van der Waals surface area (Å²) < 4.78 is 18.1. The van der Waals surface area contributed by atoms with Crippen LogP contribution in [0, 0.1) is 5.82 Å². The van der Waals surface area contributed by atoms with Gasteiger partial charge in [-0.3, -0.25) is 4.79 Å². The molecule has 0 aliphatic carbocycles. The minimum absolute atomic E-state index is 0.109. The molecule has 0 spiro atoms. The van der Waals surface area contributed by atoms with Crippen LogP contribution in [0.5, 0.6) is 0 Å². The Morgan fingerprint density at radius 3 is 2.87 bits per heavy atom. The van der Waals surface area contributed by atoms with Crippen LogP contribution in [0.4, 0.5) is 4.39 Å². The lowest BCUT2D eigenvalue weighted by molar-refractivity contribution is -0.142. The van der Waals surface area contributed by atoms with E-state index >= 15 is 0 Å². The number of carbonyl (C=O) groups is 1. The van der Waals surface area contributed by atoms with Crippen LogP contribution in [-0.4, -0.2) is 12.6 Å². The number of benzene rings is 1. The lowest BCUT2D eigenvalue weighted by Gasteiger charge is -2.11. The van der Waals surface area contributed by atoms with E-state index in [4.69, 9.17) is 16.3 Å². The summed E-state index contributed by atoms with van der Waals surface area (Å²) in [5.74, 6) is -1.08. The maximum Gasteiger partial charge on any atom is 0.324 e. The highest BCUT2D eigenvalue weighted by atomic mass is 79.9. The molecule has 15 heavy (non-hydrogen) atoms. The van der Waals surface area contributed by atoms with E-state index in [9.17, 15) is 9.18 Å². The minimum Gasteiger partial charge on any atom is -0.465 e. The van der Waals surface area contributed by atoms with Gasteiger partial charge in [-0.25, -0.2) is 4.39 Å². The summed E-state index contributed by atoms with van der Waals surface area (Å²) in [5, 5.41) is 0.199. The molecule has 5 heteroatoms. The van der Waals surface area contributed by atoms with Gasteiger partial charge in [-0.2, -0.15) is 0 Å². The smallest absolute Gasteiger partial charge is 0.324 e. The van der Waals surface area contributed by atoms with Gasteiger partial charge in [0, 0.05) is 10.6 Å². The van der Waals surface area contributed by atoms with Crippen molar-refractivity contribution in [3.63, 3.8) is 0 Å². The standard InChI is InChI=1S/C10H9BrClFO2/c1-2-15-10(14)9(11)8-6(12)4-3-5-7(8)13/h3-5,9H,2H2,1H3. The normalized spacial score (nSPS) is 12.3.